The Morgan fingerprint density at radius 1 is 0.791 bits per heavy atom. The summed E-state index contributed by atoms with van der Waals surface area (Å²) in [6, 6.07) is 10.8. The van der Waals surface area contributed by atoms with Gasteiger partial charge in [0, 0.05) is 9.75 Å². The molecule has 2 rings (SSSR count). The maximum absolute atomic E-state index is 10.6. The van der Waals surface area contributed by atoms with E-state index in [9.17, 15) is 5.11 Å². The van der Waals surface area contributed by atoms with Gasteiger partial charge in [-0.05, 0) is 98.0 Å². The second-order valence-electron chi connectivity index (χ2n) is 15.2. The lowest BCUT2D eigenvalue weighted by Gasteiger charge is -2.37. The second kappa shape index (κ2) is 15.2. The number of hydrogen-bond acceptors (Lipinski definition) is 5. The minimum Gasteiger partial charge on any atom is -0.488 e. The number of ether oxygens (including phenoxy) is 1. The van der Waals surface area contributed by atoms with E-state index >= 15 is 0 Å². The average Bonchev–Trinajstić information content (AvgIpc) is 3.40. The van der Waals surface area contributed by atoms with Crippen molar-refractivity contribution in [3.8, 4) is 5.75 Å². The lowest BCUT2D eigenvalue weighted by molar-refractivity contribution is 0.0826. The maximum Gasteiger partial charge on any atom is 0.168 e. The van der Waals surface area contributed by atoms with E-state index in [2.05, 4.69) is 113 Å². The van der Waals surface area contributed by atoms with Crippen LogP contribution in [-0.2, 0) is 26.7 Å². The van der Waals surface area contributed by atoms with Crippen LogP contribution in [0.3, 0.4) is 0 Å². The van der Waals surface area contributed by atoms with Crippen LogP contribution in [-0.4, -0.2) is 30.2 Å². The van der Waals surface area contributed by atoms with Gasteiger partial charge in [-0.25, -0.2) is 0 Å². The standard InChI is InChI=1S/C36H60O4SSi2/c1-14-26(18-17-23-36(37,15-2)16-3)31-22-20-28(41-31)25-38-27-19-21-29(34(10,11)39-42-32(4,5)6)30(24-27)35(12,13)40-43-33(7,8)9/h17-24,37H,14-16,25,42-43H2,1-13H3. The van der Waals surface area contributed by atoms with Crippen molar-refractivity contribution in [2.24, 2.45) is 0 Å². The molecule has 0 saturated carbocycles. The molecule has 43 heavy (non-hydrogen) atoms. The number of benzene rings is 1. The molecule has 0 saturated heterocycles. The molecular formula is C36H60O4SSi2. The van der Waals surface area contributed by atoms with Gasteiger partial charge in [0.25, 0.3) is 0 Å². The van der Waals surface area contributed by atoms with Crippen LogP contribution in [0, 0.1) is 0 Å². The van der Waals surface area contributed by atoms with Gasteiger partial charge >= 0.3 is 0 Å². The van der Waals surface area contributed by atoms with Crippen molar-refractivity contribution in [2.75, 3.05) is 0 Å². The number of thiophene rings is 1. The van der Waals surface area contributed by atoms with Crippen LogP contribution in [0.2, 0.25) is 10.1 Å². The van der Waals surface area contributed by atoms with Crippen molar-refractivity contribution in [2.45, 2.75) is 143 Å². The van der Waals surface area contributed by atoms with Crippen LogP contribution in [0.1, 0.15) is 130 Å². The summed E-state index contributed by atoms with van der Waals surface area (Å²) in [5.74, 6) is 0.847. The summed E-state index contributed by atoms with van der Waals surface area (Å²) >= 11 is 1.77. The topological polar surface area (TPSA) is 47.9 Å². The smallest absolute Gasteiger partial charge is 0.168 e. The third-order valence-electron chi connectivity index (χ3n) is 7.69. The van der Waals surface area contributed by atoms with Crippen molar-refractivity contribution in [1.82, 2.24) is 0 Å². The first-order valence-electron chi connectivity index (χ1n) is 16.0. The summed E-state index contributed by atoms with van der Waals surface area (Å²) in [5, 5.41) is 11.0. The minimum absolute atomic E-state index is 0.197. The Balaban J connectivity index is 2.32. The molecule has 0 bridgehead atoms. The second-order valence-corrected chi connectivity index (χ2v) is 21.8. The molecule has 242 valence electrons. The first-order chi connectivity index (χ1) is 19.7. The minimum atomic E-state index is -0.778. The molecule has 0 radical (unpaired) electrons. The molecule has 0 aliphatic rings. The quantitative estimate of drug-likeness (QED) is 0.155. The molecule has 0 aliphatic carbocycles. The van der Waals surface area contributed by atoms with Crippen molar-refractivity contribution in [3.05, 3.63) is 69.4 Å². The Hall–Kier alpha value is -1.49. The van der Waals surface area contributed by atoms with Gasteiger partial charge in [0.05, 0.1) is 16.8 Å². The van der Waals surface area contributed by atoms with E-state index in [0.29, 0.717) is 19.4 Å². The highest BCUT2D eigenvalue weighted by Crippen LogP contribution is 2.40. The lowest BCUT2D eigenvalue weighted by Crippen LogP contribution is -2.34. The predicted octanol–water partition coefficient (Wildman–Crippen LogP) is 9.34. The third kappa shape index (κ3) is 12.1. The molecule has 2 aromatic rings. The highest BCUT2D eigenvalue weighted by molar-refractivity contribution is 7.13. The zero-order valence-corrected chi connectivity index (χ0v) is 33.1. The van der Waals surface area contributed by atoms with Crippen molar-refractivity contribution >= 4 is 36.4 Å². The van der Waals surface area contributed by atoms with Crippen molar-refractivity contribution in [1.29, 1.82) is 0 Å². The number of hydrogen-bond donors (Lipinski definition) is 1. The van der Waals surface area contributed by atoms with Gasteiger partial charge in [-0.3, -0.25) is 0 Å². The molecule has 0 unspecified atom stereocenters. The molecule has 1 aromatic heterocycles. The van der Waals surface area contributed by atoms with Gasteiger partial charge < -0.3 is 18.7 Å². The van der Waals surface area contributed by atoms with Gasteiger partial charge in [0.1, 0.15) is 12.4 Å². The van der Waals surface area contributed by atoms with E-state index < -0.39 is 36.3 Å². The van der Waals surface area contributed by atoms with Crippen LogP contribution in [0.15, 0.2) is 48.6 Å². The molecule has 0 spiro atoms. The summed E-state index contributed by atoms with van der Waals surface area (Å²) in [6.45, 7) is 29.1. The Labute approximate surface area is 272 Å². The van der Waals surface area contributed by atoms with Gasteiger partial charge in [-0.1, -0.05) is 86.6 Å². The Morgan fingerprint density at radius 2 is 1.35 bits per heavy atom. The van der Waals surface area contributed by atoms with Crippen LogP contribution in [0.25, 0.3) is 5.57 Å². The number of rotatable bonds is 15. The molecule has 0 atom stereocenters. The molecule has 4 nitrogen and oxygen atoms in total. The predicted molar refractivity (Wildman–Crippen MR) is 193 cm³/mol. The number of aliphatic hydroxyl groups is 1. The first-order valence-corrected chi connectivity index (χ1v) is 19.4. The molecule has 0 amide bonds. The van der Waals surface area contributed by atoms with Crippen molar-refractivity contribution < 1.29 is 18.7 Å². The van der Waals surface area contributed by atoms with Crippen LogP contribution < -0.4 is 4.74 Å². The molecule has 1 N–H and O–H groups in total. The highest BCUT2D eigenvalue weighted by Gasteiger charge is 2.34. The third-order valence-corrected chi connectivity index (χ3v) is 12.3. The highest BCUT2D eigenvalue weighted by atomic mass is 32.1. The normalized spacial score (nSPS) is 14.7. The Morgan fingerprint density at radius 3 is 1.86 bits per heavy atom. The maximum atomic E-state index is 10.6. The largest absolute Gasteiger partial charge is 0.488 e. The van der Waals surface area contributed by atoms with E-state index in [1.807, 2.05) is 26.0 Å². The Bertz CT molecular complexity index is 1220. The van der Waals surface area contributed by atoms with E-state index in [0.717, 1.165) is 17.7 Å². The van der Waals surface area contributed by atoms with Gasteiger partial charge in [-0.2, -0.15) is 0 Å². The summed E-state index contributed by atoms with van der Waals surface area (Å²) in [4.78, 5) is 2.42. The van der Waals surface area contributed by atoms with Gasteiger partial charge in [-0.15, -0.1) is 11.3 Å². The molecule has 1 heterocycles. The van der Waals surface area contributed by atoms with E-state index in [1.165, 1.54) is 20.9 Å². The summed E-state index contributed by atoms with van der Waals surface area (Å²) in [7, 11) is -1.53. The fraction of sp³-hybridized carbons (Fsp3) is 0.611. The first kappa shape index (κ1) is 37.7. The number of allylic oxidation sites excluding steroid dienone is 3. The summed E-state index contributed by atoms with van der Waals surface area (Å²) < 4.78 is 19.8. The molecule has 0 fully saturated rings. The van der Waals surface area contributed by atoms with Crippen LogP contribution in [0.4, 0.5) is 0 Å². The molecule has 1 aromatic carbocycles. The fourth-order valence-corrected chi connectivity index (χ4v) is 7.49. The van der Waals surface area contributed by atoms with E-state index in [4.69, 9.17) is 13.6 Å². The van der Waals surface area contributed by atoms with Gasteiger partial charge in [0.2, 0.25) is 0 Å². The summed E-state index contributed by atoms with van der Waals surface area (Å²) in [6.07, 6.45) is 8.41. The molecule has 0 aliphatic heterocycles. The molecule has 7 heteroatoms. The molecular weight excluding hydrogens is 585 g/mol. The van der Waals surface area contributed by atoms with Gasteiger partial charge in [0.15, 0.2) is 19.5 Å². The SMILES string of the molecule is CCC(=CC=CC(O)(CC)CC)c1ccc(COc2ccc(C(C)(C)O[SiH2]C(C)(C)C)c(C(C)(C)O[SiH2]C(C)(C)C)c2)s1. The average molecular weight is 645 g/mol. The Kier molecular flexibility index (Phi) is 13.3. The fourth-order valence-electron chi connectivity index (χ4n) is 4.57. The summed E-state index contributed by atoms with van der Waals surface area (Å²) in [5.41, 5.74) is 1.97. The monoisotopic (exact) mass is 644 g/mol. The van der Waals surface area contributed by atoms with E-state index in [-0.39, 0.29) is 10.1 Å². The van der Waals surface area contributed by atoms with Crippen LogP contribution >= 0.6 is 11.3 Å². The van der Waals surface area contributed by atoms with Crippen LogP contribution in [0.5, 0.6) is 5.75 Å². The zero-order chi connectivity index (χ0) is 32.7. The van der Waals surface area contributed by atoms with Crippen molar-refractivity contribution in [3.63, 3.8) is 0 Å². The lowest BCUT2D eigenvalue weighted by atomic mass is 9.85. The van der Waals surface area contributed by atoms with E-state index in [1.54, 1.807) is 11.3 Å². The zero-order valence-electron chi connectivity index (χ0n) is 29.4.